The minimum absolute atomic E-state index is 0.175. The number of aryl methyl sites for hydroxylation is 1. The molecule has 1 aromatic carbocycles. The van der Waals surface area contributed by atoms with E-state index >= 15 is 0 Å². The van der Waals surface area contributed by atoms with E-state index in [-0.39, 0.29) is 24.4 Å². The molecule has 7 heteroatoms. The first-order valence-corrected chi connectivity index (χ1v) is 7.87. The molecule has 5 nitrogen and oxygen atoms in total. The average molecular weight is 333 g/mol. The number of aromatic nitrogens is 2. The maximum absolute atomic E-state index is 13.4. The van der Waals surface area contributed by atoms with Gasteiger partial charge in [-0.05, 0) is 31.5 Å². The molecule has 0 radical (unpaired) electrons. The number of nitrogens with zero attached hydrogens (tertiary/aromatic N) is 3. The Labute approximate surface area is 136 Å². The lowest BCUT2D eigenvalue weighted by atomic mass is 10.0. The van der Waals surface area contributed by atoms with Gasteiger partial charge in [0, 0.05) is 25.7 Å². The molecule has 1 aliphatic heterocycles. The maximum atomic E-state index is 13.4. The molecule has 0 bridgehead atoms. The van der Waals surface area contributed by atoms with E-state index in [1.807, 2.05) is 6.92 Å². The predicted molar refractivity (Wildman–Crippen MR) is 85.9 cm³/mol. The molecule has 1 aliphatic carbocycles. The summed E-state index contributed by atoms with van der Waals surface area (Å²) in [5.74, 6) is -3.73. The highest BCUT2D eigenvalue weighted by atomic mass is 19.3. The highest BCUT2D eigenvalue weighted by Crippen LogP contribution is 2.59. The zero-order chi connectivity index (χ0) is 17.4. The molecule has 126 valence electrons. The Kier molecular flexibility index (Phi) is 2.93. The maximum Gasteiger partial charge on any atom is 0.262 e. The molecule has 2 fully saturated rings. The second-order valence-corrected chi connectivity index (χ2v) is 6.83. The van der Waals surface area contributed by atoms with Crippen LogP contribution in [-0.2, 0) is 7.05 Å². The first kappa shape index (κ1) is 15.2. The largest absolute Gasteiger partial charge is 0.341 e. The summed E-state index contributed by atoms with van der Waals surface area (Å²) in [4.78, 5) is 30.8. The normalized spacial score (nSPS) is 24.3. The monoisotopic (exact) mass is 333 g/mol. The standard InChI is InChI=1S/C17H17F2N3O2/c1-8-4-10(9(2)23)14-11(5-8)15(24)21(3)16(20-14)22-6-12-13(7-22)17(12,18)19/h4-5,12-13H,6-7H2,1-3H3. The number of anilines is 1. The van der Waals surface area contributed by atoms with Crippen molar-refractivity contribution in [2.75, 3.05) is 18.0 Å². The fourth-order valence-electron chi connectivity index (χ4n) is 3.73. The summed E-state index contributed by atoms with van der Waals surface area (Å²) in [7, 11) is 1.59. The molecule has 2 aliphatic rings. The third kappa shape index (κ3) is 1.93. The molecule has 1 saturated heterocycles. The lowest BCUT2D eigenvalue weighted by Gasteiger charge is -2.23. The third-order valence-corrected chi connectivity index (χ3v) is 5.16. The zero-order valence-electron chi connectivity index (χ0n) is 13.6. The van der Waals surface area contributed by atoms with Crippen molar-refractivity contribution < 1.29 is 13.6 Å². The number of fused-ring (bicyclic) bond motifs is 2. The van der Waals surface area contributed by atoms with E-state index < -0.39 is 17.8 Å². The quantitative estimate of drug-likeness (QED) is 0.790. The molecular weight excluding hydrogens is 316 g/mol. The van der Waals surface area contributed by atoms with Crippen LogP contribution in [0, 0.1) is 18.8 Å². The van der Waals surface area contributed by atoms with E-state index in [1.165, 1.54) is 11.5 Å². The number of Topliss-reactive ketones (excluding diaryl/α,β-unsaturated/α-hetero) is 1. The third-order valence-electron chi connectivity index (χ3n) is 5.16. The summed E-state index contributed by atoms with van der Waals surface area (Å²) < 4.78 is 28.2. The summed E-state index contributed by atoms with van der Waals surface area (Å²) >= 11 is 0. The van der Waals surface area contributed by atoms with Crippen LogP contribution in [0.1, 0.15) is 22.8 Å². The molecule has 2 heterocycles. The second-order valence-electron chi connectivity index (χ2n) is 6.83. The summed E-state index contributed by atoms with van der Waals surface area (Å²) in [6, 6.07) is 3.41. The molecule has 2 unspecified atom stereocenters. The van der Waals surface area contributed by atoms with Gasteiger partial charge in [0.25, 0.3) is 11.5 Å². The van der Waals surface area contributed by atoms with Crippen molar-refractivity contribution in [1.29, 1.82) is 0 Å². The number of carbonyl (C=O) groups excluding carboxylic acids is 1. The highest BCUT2D eigenvalue weighted by molar-refractivity contribution is 6.05. The van der Waals surface area contributed by atoms with Gasteiger partial charge in [0.15, 0.2) is 5.78 Å². The van der Waals surface area contributed by atoms with E-state index in [0.29, 0.717) is 22.4 Å². The number of hydrogen-bond donors (Lipinski definition) is 0. The van der Waals surface area contributed by atoms with Gasteiger partial charge in [0.2, 0.25) is 5.95 Å². The molecule has 0 N–H and O–H groups in total. The van der Waals surface area contributed by atoms with Crippen LogP contribution in [0.3, 0.4) is 0 Å². The van der Waals surface area contributed by atoms with Gasteiger partial charge >= 0.3 is 0 Å². The first-order valence-electron chi connectivity index (χ1n) is 7.87. The van der Waals surface area contributed by atoms with E-state index in [4.69, 9.17) is 0 Å². The van der Waals surface area contributed by atoms with Gasteiger partial charge in [0.1, 0.15) is 0 Å². The van der Waals surface area contributed by atoms with Crippen LogP contribution in [0.15, 0.2) is 16.9 Å². The minimum Gasteiger partial charge on any atom is -0.341 e. The molecule has 24 heavy (non-hydrogen) atoms. The van der Waals surface area contributed by atoms with Crippen LogP contribution in [0.2, 0.25) is 0 Å². The van der Waals surface area contributed by atoms with Crippen LogP contribution in [-0.4, -0.2) is 34.3 Å². The molecule has 2 aromatic rings. The summed E-state index contributed by atoms with van der Waals surface area (Å²) in [5.41, 5.74) is 1.27. The lowest BCUT2D eigenvalue weighted by Crippen LogP contribution is -2.34. The Morgan fingerprint density at radius 2 is 1.92 bits per heavy atom. The van der Waals surface area contributed by atoms with Gasteiger partial charge in [-0.1, -0.05) is 0 Å². The average Bonchev–Trinajstić information content (AvgIpc) is 2.89. The second kappa shape index (κ2) is 4.62. The molecule has 1 saturated carbocycles. The molecule has 1 aromatic heterocycles. The molecule has 4 rings (SSSR count). The highest BCUT2D eigenvalue weighted by Gasteiger charge is 2.72. The van der Waals surface area contributed by atoms with Gasteiger partial charge in [-0.25, -0.2) is 13.8 Å². The van der Waals surface area contributed by atoms with Crippen molar-refractivity contribution in [2.45, 2.75) is 19.8 Å². The van der Waals surface area contributed by atoms with Gasteiger partial charge in [0.05, 0.1) is 22.7 Å². The predicted octanol–water partition coefficient (Wildman–Crippen LogP) is 2.15. The number of alkyl halides is 2. The van der Waals surface area contributed by atoms with E-state index in [2.05, 4.69) is 4.98 Å². The number of benzene rings is 1. The number of ketones is 1. The van der Waals surface area contributed by atoms with Crippen molar-refractivity contribution in [2.24, 2.45) is 18.9 Å². The Morgan fingerprint density at radius 1 is 1.29 bits per heavy atom. The van der Waals surface area contributed by atoms with Crippen LogP contribution in [0.5, 0.6) is 0 Å². The zero-order valence-corrected chi connectivity index (χ0v) is 13.6. The molecular formula is C17H17F2N3O2. The van der Waals surface area contributed by atoms with Crippen LogP contribution in [0.4, 0.5) is 14.7 Å². The first-order chi connectivity index (χ1) is 11.2. The van der Waals surface area contributed by atoms with Gasteiger partial charge in [-0.2, -0.15) is 0 Å². The van der Waals surface area contributed by atoms with Crippen LogP contribution in [0.25, 0.3) is 10.9 Å². The van der Waals surface area contributed by atoms with Crippen molar-refractivity contribution in [3.05, 3.63) is 33.6 Å². The van der Waals surface area contributed by atoms with Crippen molar-refractivity contribution >= 4 is 22.6 Å². The van der Waals surface area contributed by atoms with Crippen LogP contribution < -0.4 is 10.5 Å². The fourth-order valence-corrected chi connectivity index (χ4v) is 3.73. The summed E-state index contributed by atoms with van der Waals surface area (Å²) in [6.45, 7) is 3.61. The van der Waals surface area contributed by atoms with E-state index in [1.54, 1.807) is 24.1 Å². The lowest BCUT2D eigenvalue weighted by molar-refractivity contribution is 0.0795. The molecule has 2 atom stereocenters. The Hall–Kier alpha value is -2.31. The number of halogens is 2. The smallest absolute Gasteiger partial charge is 0.262 e. The Bertz CT molecular complexity index is 937. The topological polar surface area (TPSA) is 55.2 Å². The Balaban J connectivity index is 1.88. The Morgan fingerprint density at radius 3 is 2.50 bits per heavy atom. The number of carbonyl (C=O) groups is 1. The van der Waals surface area contributed by atoms with Crippen molar-refractivity contribution in [1.82, 2.24) is 9.55 Å². The number of hydrogen-bond acceptors (Lipinski definition) is 4. The number of piperidine rings is 1. The van der Waals surface area contributed by atoms with Gasteiger partial charge in [-0.15, -0.1) is 0 Å². The number of rotatable bonds is 2. The minimum atomic E-state index is -2.59. The van der Waals surface area contributed by atoms with Gasteiger partial charge < -0.3 is 4.90 Å². The van der Waals surface area contributed by atoms with Gasteiger partial charge in [-0.3, -0.25) is 14.2 Å². The van der Waals surface area contributed by atoms with E-state index in [9.17, 15) is 18.4 Å². The molecule has 0 amide bonds. The summed E-state index contributed by atoms with van der Waals surface area (Å²) in [5, 5.41) is 0.376. The molecule has 0 spiro atoms. The van der Waals surface area contributed by atoms with Crippen molar-refractivity contribution in [3.63, 3.8) is 0 Å². The van der Waals surface area contributed by atoms with Crippen molar-refractivity contribution in [3.8, 4) is 0 Å². The summed E-state index contributed by atoms with van der Waals surface area (Å²) in [6.07, 6.45) is 0. The van der Waals surface area contributed by atoms with Crippen LogP contribution >= 0.6 is 0 Å². The van der Waals surface area contributed by atoms with E-state index in [0.717, 1.165) is 5.56 Å². The SMILES string of the molecule is CC(=O)c1cc(C)cc2c(=O)n(C)c(N3CC4C(C3)C4(F)F)nc12. The fraction of sp³-hybridized carbons (Fsp3) is 0.471.